The fourth-order valence-corrected chi connectivity index (χ4v) is 6.22. The van der Waals surface area contributed by atoms with Crippen molar-refractivity contribution in [2.24, 2.45) is 0 Å². The number of thiophene rings is 1. The highest BCUT2D eigenvalue weighted by Crippen LogP contribution is 2.38. The number of hydrogen-bond acceptors (Lipinski definition) is 4. The van der Waals surface area contributed by atoms with Gasteiger partial charge in [-0.2, -0.15) is 0 Å². The molecule has 1 aromatic heterocycles. The molecule has 1 saturated heterocycles. The number of carbonyl (C=O) groups excluding carboxylic acids is 2. The fourth-order valence-electron chi connectivity index (χ4n) is 5.32. The molecule has 1 atom stereocenters. The van der Waals surface area contributed by atoms with E-state index < -0.39 is 0 Å². The number of amides is 2. The lowest BCUT2D eigenvalue weighted by molar-refractivity contribution is -0.132. The fraction of sp³-hybridized carbons (Fsp3) is 0.379. The van der Waals surface area contributed by atoms with Gasteiger partial charge in [0.1, 0.15) is 0 Å². The zero-order chi connectivity index (χ0) is 24.4. The molecular weight excluding hydrogens is 454 g/mol. The van der Waals surface area contributed by atoms with Crippen molar-refractivity contribution in [2.75, 3.05) is 39.3 Å². The van der Waals surface area contributed by atoms with Crippen molar-refractivity contribution in [2.45, 2.75) is 32.7 Å². The molecule has 3 heterocycles. The SMILES string of the molecule is Cc1ccc(C(=O)N2CCCN(C(=O)CN3CCc4sccc4C3c3ccccc3C)CC2)cc1. The Hall–Kier alpha value is -2.96. The van der Waals surface area contributed by atoms with Gasteiger partial charge in [0.2, 0.25) is 5.91 Å². The van der Waals surface area contributed by atoms with E-state index in [-0.39, 0.29) is 17.9 Å². The van der Waals surface area contributed by atoms with Crippen molar-refractivity contribution in [3.63, 3.8) is 0 Å². The van der Waals surface area contributed by atoms with Crippen LogP contribution in [0.5, 0.6) is 0 Å². The van der Waals surface area contributed by atoms with Crippen LogP contribution >= 0.6 is 11.3 Å². The molecule has 0 N–H and O–H groups in total. The molecule has 5 nitrogen and oxygen atoms in total. The van der Waals surface area contributed by atoms with Gasteiger partial charge < -0.3 is 9.80 Å². The largest absolute Gasteiger partial charge is 0.340 e. The number of aryl methyl sites for hydroxylation is 2. The smallest absolute Gasteiger partial charge is 0.253 e. The number of nitrogens with zero attached hydrogens (tertiary/aromatic N) is 3. The molecule has 2 aromatic carbocycles. The summed E-state index contributed by atoms with van der Waals surface area (Å²) >= 11 is 1.82. The van der Waals surface area contributed by atoms with Crippen LogP contribution in [0, 0.1) is 13.8 Å². The summed E-state index contributed by atoms with van der Waals surface area (Å²) in [4.78, 5) is 34.1. The summed E-state index contributed by atoms with van der Waals surface area (Å²) in [5, 5.41) is 2.18. The number of rotatable bonds is 4. The van der Waals surface area contributed by atoms with Crippen LogP contribution < -0.4 is 0 Å². The molecule has 2 amide bonds. The van der Waals surface area contributed by atoms with E-state index in [0.717, 1.165) is 30.5 Å². The van der Waals surface area contributed by atoms with Crippen LogP contribution in [0.25, 0.3) is 0 Å². The van der Waals surface area contributed by atoms with E-state index in [0.29, 0.717) is 32.7 Å². The van der Waals surface area contributed by atoms with E-state index in [4.69, 9.17) is 0 Å². The maximum Gasteiger partial charge on any atom is 0.253 e. The highest BCUT2D eigenvalue weighted by atomic mass is 32.1. The van der Waals surface area contributed by atoms with Gasteiger partial charge in [0.15, 0.2) is 0 Å². The van der Waals surface area contributed by atoms with Gasteiger partial charge in [0.25, 0.3) is 5.91 Å². The third-order valence-corrected chi connectivity index (χ3v) is 8.32. The predicted molar refractivity (Wildman–Crippen MR) is 141 cm³/mol. The summed E-state index contributed by atoms with van der Waals surface area (Å²) in [6.07, 6.45) is 1.79. The molecule has 1 fully saturated rings. The Balaban J connectivity index is 1.28. The maximum atomic E-state index is 13.5. The average molecular weight is 488 g/mol. The molecule has 2 aliphatic heterocycles. The van der Waals surface area contributed by atoms with Gasteiger partial charge in [0.05, 0.1) is 12.6 Å². The number of carbonyl (C=O) groups is 2. The first kappa shape index (κ1) is 23.8. The van der Waals surface area contributed by atoms with E-state index in [1.807, 2.05) is 52.3 Å². The van der Waals surface area contributed by atoms with Crippen molar-refractivity contribution in [3.8, 4) is 0 Å². The standard InChI is InChI=1S/C29H33N3O2S/c1-21-8-10-23(11-9-21)29(34)31-15-5-14-30(17-18-31)27(33)20-32-16-12-26-25(13-19-35-26)28(32)24-7-4-3-6-22(24)2/h3-4,6-11,13,19,28H,5,12,14-18,20H2,1-2H3. The van der Waals surface area contributed by atoms with Crippen molar-refractivity contribution in [1.82, 2.24) is 14.7 Å². The van der Waals surface area contributed by atoms with Crippen molar-refractivity contribution in [3.05, 3.63) is 92.7 Å². The molecule has 0 bridgehead atoms. The summed E-state index contributed by atoms with van der Waals surface area (Å²) in [5.41, 5.74) is 5.75. The Kier molecular flexibility index (Phi) is 7.02. The van der Waals surface area contributed by atoms with E-state index in [1.165, 1.54) is 21.6 Å². The first-order chi connectivity index (χ1) is 17.0. The third-order valence-electron chi connectivity index (χ3n) is 7.32. The van der Waals surface area contributed by atoms with Crippen LogP contribution in [0.3, 0.4) is 0 Å². The normalized spacial score (nSPS) is 18.7. The number of benzene rings is 2. The minimum atomic E-state index is 0.0555. The van der Waals surface area contributed by atoms with Gasteiger partial charge in [-0.1, -0.05) is 42.0 Å². The van der Waals surface area contributed by atoms with E-state index in [9.17, 15) is 9.59 Å². The summed E-state index contributed by atoms with van der Waals surface area (Å²) in [7, 11) is 0. The number of fused-ring (bicyclic) bond motifs is 1. The Bertz CT molecular complexity index is 1200. The van der Waals surface area contributed by atoms with Gasteiger partial charge in [-0.25, -0.2) is 0 Å². The molecule has 0 aliphatic carbocycles. The van der Waals surface area contributed by atoms with Gasteiger partial charge in [-0.3, -0.25) is 14.5 Å². The lowest BCUT2D eigenvalue weighted by atomic mass is 9.90. The molecular formula is C29H33N3O2S. The van der Waals surface area contributed by atoms with Crippen molar-refractivity contribution < 1.29 is 9.59 Å². The van der Waals surface area contributed by atoms with E-state index >= 15 is 0 Å². The summed E-state index contributed by atoms with van der Waals surface area (Å²) < 4.78 is 0. The van der Waals surface area contributed by atoms with Crippen LogP contribution in [0.4, 0.5) is 0 Å². The predicted octanol–water partition coefficient (Wildman–Crippen LogP) is 4.69. The van der Waals surface area contributed by atoms with Gasteiger partial charge >= 0.3 is 0 Å². The van der Waals surface area contributed by atoms with Crippen LogP contribution in [0.2, 0.25) is 0 Å². The van der Waals surface area contributed by atoms with Crippen LogP contribution in [-0.2, 0) is 11.2 Å². The zero-order valence-corrected chi connectivity index (χ0v) is 21.4. The van der Waals surface area contributed by atoms with Crippen LogP contribution in [0.1, 0.15) is 50.0 Å². The first-order valence-electron chi connectivity index (χ1n) is 12.5. The molecule has 2 aliphatic rings. The lowest BCUT2D eigenvalue weighted by Crippen LogP contribution is -2.45. The monoisotopic (exact) mass is 487 g/mol. The molecule has 0 radical (unpaired) electrons. The zero-order valence-electron chi connectivity index (χ0n) is 20.6. The summed E-state index contributed by atoms with van der Waals surface area (Å²) in [5.74, 6) is 0.215. The van der Waals surface area contributed by atoms with Crippen molar-refractivity contribution in [1.29, 1.82) is 0 Å². The highest BCUT2D eigenvalue weighted by molar-refractivity contribution is 7.10. The second-order valence-corrected chi connectivity index (χ2v) is 10.7. The second kappa shape index (κ2) is 10.3. The second-order valence-electron chi connectivity index (χ2n) is 9.67. The lowest BCUT2D eigenvalue weighted by Gasteiger charge is -2.37. The molecule has 1 unspecified atom stereocenters. The third kappa shape index (κ3) is 5.04. The van der Waals surface area contributed by atoms with Crippen LogP contribution in [-0.4, -0.2) is 65.8 Å². The Morgan fingerprint density at radius 2 is 1.60 bits per heavy atom. The Labute approximate surface area is 212 Å². The molecule has 6 heteroatoms. The van der Waals surface area contributed by atoms with Gasteiger partial charge in [0, 0.05) is 43.2 Å². The highest BCUT2D eigenvalue weighted by Gasteiger charge is 2.33. The maximum absolute atomic E-state index is 13.5. The van der Waals surface area contributed by atoms with E-state index in [1.54, 1.807) is 0 Å². The van der Waals surface area contributed by atoms with Crippen LogP contribution in [0.15, 0.2) is 60.0 Å². The minimum absolute atomic E-state index is 0.0555. The Morgan fingerprint density at radius 3 is 2.40 bits per heavy atom. The molecule has 182 valence electrons. The summed E-state index contributed by atoms with van der Waals surface area (Å²) in [6, 6.07) is 18.6. The van der Waals surface area contributed by atoms with Gasteiger partial charge in [-0.15, -0.1) is 11.3 Å². The molecule has 5 rings (SSSR count). The average Bonchev–Trinajstić information content (AvgIpc) is 3.20. The quantitative estimate of drug-likeness (QED) is 0.536. The van der Waals surface area contributed by atoms with Gasteiger partial charge in [-0.05, 0) is 67.0 Å². The molecule has 35 heavy (non-hydrogen) atoms. The first-order valence-corrected chi connectivity index (χ1v) is 13.4. The van der Waals surface area contributed by atoms with E-state index in [2.05, 4.69) is 47.5 Å². The minimum Gasteiger partial charge on any atom is -0.340 e. The topological polar surface area (TPSA) is 43.9 Å². The summed E-state index contributed by atoms with van der Waals surface area (Å²) in [6.45, 7) is 8.01. The molecule has 0 saturated carbocycles. The Morgan fingerprint density at radius 1 is 0.857 bits per heavy atom. The molecule has 0 spiro atoms. The number of hydrogen-bond donors (Lipinski definition) is 0. The van der Waals surface area contributed by atoms with Crippen molar-refractivity contribution >= 4 is 23.2 Å². The molecule has 3 aromatic rings.